The molecule has 2 rings (SSSR count). The SMILES string of the molecule is CN(CC(=O)N1CCCC(C(N)=O)C1)Cc1ccc(OC(F)(F)F)cc1. The van der Waals surface area contributed by atoms with Crippen molar-refractivity contribution in [3.05, 3.63) is 29.8 Å². The van der Waals surface area contributed by atoms with Gasteiger partial charge in [0.05, 0.1) is 12.5 Å². The van der Waals surface area contributed by atoms with Crippen LogP contribution in [-0.4, -0.2) is 54.7 Å². The van der Waals surface area contributed by atoms with E-state index in [-0.39, 0.29) is 24.1 Å². The van der Waals surface area contributed by atoms with Crippen LogP contribution in [0, 0.1) is 5.92 Å². The molecule has 144 valence electrons. The normalized spacial score (nSPS) is 18.0. The van der Waals surface area contributed by atoms with E-state index in [1.807, 2.05) is 0 Å². The summed E-state index contributed by atoms with van der Waals surface area (Å²) in [5.74, 6) is -1.09. The lowest BCUT2D eigenvalue weighted by Gasteiger charge is -2.32. The van der Waals surface area contributed by atoms with E-state index in [9.17, 15) is 22.8 Å². The smallest absolute Gasteiger partial charge is 0.406 e. The van der Waals surface area contributed by atoms with Gasteiger partial charge in [-0.3, -0.25) is 14.5 Å². The molecule has 1 fully saturated rings. The maximum Gasteiger partial charge on any atom is 0.573 e. The third-order valence-corrected chi connectivity index (χ3v) is 4.19. The maximum atomic E-state index is 12.4. The van der Waals surface area contributed by atoms with Crippen LogP contribution in [0.2, 0.25) is 0 Å². The van der Waals surface area contributed by atoms with Gasteiger partial charge in [-0.05, 0) is 37.6 Å². The van der Waals surface area contributed by atoms with Gasteiger partial charge in [0.25, 0.3) is 0 Å². The number of amides is 2. The maximum absolute atomic E-state index is 12.4. The van der Waals surface area contributed by atoms with Crippen molar-refractivity contribution in [3.8, 4) is 5.75 Å². The summed E-state index contributed by atoms with van der Waals surface area (Å²) in [5.41, 5.74) is 6.07. The van der Waals surface area contributed by atoms with Crippen molar-refractivity contribution in [2.75, 3.05) is 26.7 Å². The lowest BCUT2D eigenvalue weighted by Crippen LogP contribution is -2.47. The topological polar surface area (TPSA) is 75.9 Å². The second kappa shape index (κ2) is 8.39. The van der Waals surface area contributed by atoms with Crippen molar-refractivity contribution < 1.29 is 27.5 Å². The fraction of sp³-hybridized carbons (Fsp3) is 0.529. The van der Waals surface area contributed by atoms with Crippen molar-refractivity contribution in [2.24, 2.45) is 11.7 Å². The van der Waals surface area contributed by atoms with E-state index in [2.05, 4.69) is 4.74 Å². The number of halogens is 3. The van der Waals surface area contributed by atoms with Crippen LogP contribution >= 0.6 is 0 Å². The number of hydrogen-bond donors (Lipinski definition) is 1. The third kappa shape index (κ3) is 6.21. The third-order valence-electron chi connectivity index (χ3n) is 4.19. The molecule has 2 amide bonds. The van der Waals surface area contributed by atoms with E-state index in [1.165, 1.54) is 24.3 Å². The van der Waals surface area contributed by atoms with E-state index in [0.29, 0.717) is 26.1 Å². The quantitative estimate of drug-likeness (QED) is 0.824. The Hall–Kier alpha value is -2.29. The number of likely N-dealkylation sites (tertiary alicyclic amines) is 1. The van der Waals surface area contributed by atoms with Crippen LogP contribution in [0.15, 0.2) is 24.3 Å². The van der Waals surface area contributed by atoms with Gasteiger partial charge in [0.2, 0.25) is 11.8 Å². The Bertz CT molecular complexity index is 634. The highest BCUT2D eigenvalue weighted by atomic mass is 19.4. The summed E-state index contributed by atoms with van der Waals surface area (Å²) in [7, 11) is 1.74. The van der Waals surface area contributed by atoms with E-state index in [1.54, 1.807) is 16.8 Å². The Labute approximate surface area is 149 Å². The Morgan fingerprint density at radius 3 is 2.54 bits per heavy atom. The molecule has 1 atom stereocenters. The molecule has 1 unspecified atom stereocenters. The zero-order valence-corrected chi connectivity index (χ0v) is 14.5. The van der Waals surface area contributed by atoms with Gasteiger partial charge in [0, 0.05) is 19.6 Å². The molecular formula is C17H22F3N3O3. The minimum absolute atomic E-state index is 0.101. The van der Waals surface area contributed by atoms with Crippen molar-refractivity contribution in [3.63, 3.8) is 0 Å². The molecular weight excluding hydrogens is 351 g/mol. The molecule has 1 saturated heterocycles. The number of nitrogens with zero attached hydrogens (tertiary/aromatic N) is 2. The largest absolute Gasteiger partial charge is 0.573 e. The van der Waals surface area contributed by atoms with Crippen LogP contribution in [0.1, 0.15) is 18.4 Å². The van der Waals surface area contributed by atoms with Crippen LogP contribution in [0.3, 0.4) is 0 Å². The van der Waals surface area contributed by atoms with E-state index >= 15 is 0 Å². The molecule has 0 aromatic heterocycles. The molecule has 1 aromatic carbocycles. The van der Waals surface area contributed by atoms with Crippen LogP contribution in [-0.2, 0) is 16.1 Å². The monoisotopic (exact) mass is 373 g/mol. The van der Waals surface area contributed by atoms with E-state index in [0.717, 1.165) is 12.0 Å². The highest BCUT2D eigenvalue weighted by molar-refractivity contribution is 5.81. The predicted molar refractivity (Wildman–Crippen MR) is 88.0 cm³/mol. The minimum Gasteiger partial charge on any atom is -0.406 e. The first-order chi connectivity index (χ1) is 12.1. The molecule has 2 N–H and O–H groups in total. The number of rotatable bonds is 6. The first-order valence-corrected chi connectivity index (χ1v) is 8.24. The summed E-state index contributed by atoms with van der Waals surface area (Å²) in [4.78, 5) is 27.1. The van der Waals surface area contributed by atoms with Crippen molar-refractivity contribution in [2.45, 2.75) is 25.7 Å². The summed E-state index contributed by atoms with van der Waals surface area (Å²) in [5, 5.41) is 0. The summed E-state index contributed by atoms with van der Waals surface area (Å²) >= 11 is 0. The number of carbonyl (C=O) groups excluding carboxylic acids is 2. The van der Waals surface area contributed by atoms with Crippen molar-refractivity contribution in [1.82, 2.24) is 9.80 Å². The fourth-order valence-corrected chi connectivity index (χ4v) is 2.93. The second-order valence-corrected chi connectivity index (χ2v) is 6.45. The number of primary amides is 1. The highest BCUT2D eigenvalue weighted by Crippen LogP contribution is 2.23. The number of ether oxygens (including phenoxy) is 1. The number of hydrogen-bond acceptors (Lipinski definition) is 4. The predicted octanol–water partition coefficient (Wildman–Crippen LogP) is 1.74. The lowest BCUT2D eigenvalue weighted by molar-refractivity contribution is -0.274. The second-order valence-electron chi connectivity index (χ2n) is 6.45. The van der Waals surface area contributed by atoms with Gasteiger partial charge >= 0.3 is 6.36 Å². The minimum atomic E-state index is -4.72. The average molecular weight is 373 g/mol. The number of nitrogens with two attached hydrogens (primary N) is 1. The first-order valence-electron chi connectivity index (χ1n) is 8.24. The molecule has 0 aliphatic carbocycles. The Morgan fingerprint density at radius 2 is 1.96 bits per heavy atom. The first kappa shape index (κ1) is 20.0. The van der Waals surface area contributed by atoms with Crippen LogP contribution in [0.4, 0.5) is 13.2 Å². The Kier molecular flexibility index (Phi) is 6.47. The summed E-state index contributed by atoms with van der Waals surface area (Å²) < 4.78 is 40.3. The molecule has 1 aliphatic heterocycles. The Morgan fingerprint density at radius 1 is 1.31 bits per heavy atom. The summed E-state index contributed by atoms with van der Waals surface area (Å²) in [6.07, 6.45) is -3.28. The van der Waals surface area contributed by atoms with Gasteiger partial charge in [0.15, 0.2) is 0 Å². The van der Waals surface area contributed by atoms with Gasteiger partial charge in [-0.1, -0.05) is 12.1 Å². The summed E-state index contributed by atoms with van der Waals surface area (Å²) in [6.45, 7) is 1.48. The van der Waals surface area contributed by atoms with E-state index < -0.39 is 12.3 Å². The zero-order valence-electron chi connectivity index (χ0n) is 14.5. The van der Waals surface area contributed by atoms with Gasteiger partial charge in [0.1, 0.15) is 5.75 Å². The number of likely N-dealkylation sites (N-methyl/N-ethyl adjacent to an activating group) is 1. The van der Waals surface area contributed by atoms with Crippen molar-refractivity contribution in [1.29, 1.82) is 0 Å². The van der Waals surface area contributed by atoms with Crippen LogP contribution < -0.4 is 10.5 Å². The number of carbonyl (C=O) groups is 2. The summed E-state index contributed by atoms with van der Waals surface area (Å²) in [6, 6.07) is 5.51. The molecule has 26 heavy (non-hydrogen) atoms. The molecule has 1 aliphatic rings. The van der Waals surface area contributed by atoms with Crippen molar-refractivity contribution >= 4 is 11.8 Å². The van der Waals surface area contributed by atoms with Gasteiger partial charge in [-0.25, -0.2) is 0 Å². The van der Waals surface area contributed by atoms with Gasteiger partial charge < -0.3 is 15.4 Å². The molecule has 0 spiro atoms. The van der Waals surface area contributed by atoms with E-state index in [4.69, 9.17) is 5.73 Å². The Balaban J connectivity index is 1.85. The number of piperidine rings is 1. The molecule has 1 aromatic rings. The fourth-order valence-electron chi connectivity index (χ4n) is 2.93. The molecule has 6 nitrogen and oxygen atoms in total. The molecule has 0 radical (unpaired) electrons. The van der Waals surface area contributed by atoms with Gasteiger partial charge in [-0.15, -0.1) is 13.2 Å². The highest BCUT2D eigenvalue weighted by Gasteiger charge is 2.31. The number of benzene rings is 1. The molecule has 1 heterocycles. The average Bonchev–Trinajstić information content (AvgIpc) is 2.55. The zero-order chi connectivity index (χ0) is 19.3. The molecule has 0 bridgehead atoms. The molecule has 9 heteroatoms. The lowest BCUT2D eigenvalue weighted by atomic mass is 9.97. The standard InChI is InChI=1S/C17H22F3N3O3/c1-22(9-12-4-6-14(7-5-12)26-17(18,19)20)11-15(24)23-8-2-3-13(10-23)16(21)25/h4-7,13H,2-3,8-11H2,1H3,(H2,21,25). The van der Waals surface area contributed by atoms with Gasteiger partial charge in [-0.2, -0.15) is 0 Å². The van der Waals surface area contributed by atoms with Crippen LogP contribution in [0.5, 0.6) is 5.75 Å². The number of alkyl halides is 3. The molecule has 0 saturated carbocycles. The van der Waals surface area contributed by atoms with Crippen LogP contribution in [0.25, 0.3) is 0 Å².